The SMILES string of the molecule is C#Cc1ccccc1C1(OO)C=CC(=O)O1. The first kappa shape index (κ1) is 10.4. The zero-order valence-electron chi connectivity index (χ0n) is 8.21. The fourth-order valence-electron chi connectivity index (χ4n) is 1.55. The van der Waals surface area contributed by atoms with Crippen molar-refractivity contribution in [2.75, 3.05) is 0 Å². The van der Waals surface area contributed by atoms with Crippen LogP contribution < -0.4 is 0 Å². The van der Waals surface area contributed by atoms with Crippen molar-refractivity contribution in [1.29, 1.82) is 0 Å². The summed E-state index contributed by atoms with van der Waals surface area (Å²) in [6.07, 6.45) is 7.80. The number of terminal acetylenes is 1. The Morgan fingerprint density at radius 1 is 1.44 bits per heavy atom. The van der Waals surface area contributed by atoms with Crippen LogP contribution >= 0.6 is 0 Å². The van der Waals surface area contributed by atoms with Crippen LogP contribution in [-0.2, 0) is 20.2 Å². The summed E-state index contributed by atoms with van der Waals surface area (Å²) in [5.74, 6) is 0.209. The lowest BCUT2D eigenvalue weighted by Gasteiger charge is -2.23. The maximum absolute atomic E-state index is 11.0. The molecule has 1 aliphatic rings. The highest BCUT2D eigenvalue weighted by atomic mass is 17.1. The fraction of sp³-hybridized carbons (Fsp3) is 0.0833. The minimum Gasteiger partial charge on any atom is -0.419 e. The van der Waals surface area contributed by atoms with Gasteiger partial charge in [0, 0.05) is 23.3 Å². The molecule has 0 aromatic heterocycles. The molecule has 80 valence electrons. The van der Waals surface area contributed by atoms with Gasteiger partial charge >= 0.3 is 5.97 Å². The first-order valence-electron chi connectivity index (χ1n) is 4.53. The molecule has 16 heavy (non-hydrogen) atoms. The molecule has 1 atom stereocenters. The average Bonchev–Trinajstić information content (AvgIpc) is 2.72. The van der Waals surface area contributed by atoms with E-state index in [9.17, 15) is 4.79 Å². The van der Waals surface area contributed by atoms with E-state index in [1.54, 1.807) is 24.3 Å². The standard InChI is InChI=1S/C12H8O4/c1-2-9-5-3-4-6-10(9)12(16-14)8-7-11(13)15-12/h1,3-8,14H. The Kier molecular flexibility index (Phi) is 2.49. The second kappa shape index (κ2) is 3.81. The summed E-state index contributed by atoms with van der Waals surface area (Å²) >= 11 is 0. The first-order valence-corrected chi connectivity index (χ1v) is 4.53. The van der Waals surface area contributed by atoms with Crippen molar-refractivity contribution in [3.8, 4) is 12.3 Å². The van der Waals surface area contributed by atoms with Gasteiger partial charge in [-0.2, -0.15) is 4.89 Å². The number of ether oxygens (including phenoxy) is 1. The highest BCUT2D eigenvalue weighted by molar-refractivity contribution is 5.85. The Bertz CT molecular complexity index is 498. The molecule has 0 fully saturated rings. The van der Waals surface area contributed by atoms with Gasteiger partial charge in [-0.1, -0.05) is 24.1 Å². The van der Waals surface area contributed by atoms with E-state index in [4.69, 9.17) is 16.4 Å². The van der Waals surface area contributed by atoms with E-state index < -0.39 is 11.8 Å². The summed E-state index contributed by atoms with van der Waals surface area (Å²) in [5, 5.41) is 8.91. The summed E-state index contributed by atoms with van der Waals surface area (Å²) in [4.78, 5) is 15.3. The largest absolute Gasteiger partial charge is 0.419 e. The quantitative estimate of drug-likeness (QED) is 0.351. The lowest BCUT2D eigenvalue weighted by Crippen LogP contribution is -2.29. The monoisotopic (exact) mass is 216 g/mol. The van der Waals surface area contributed by atoms with Crippen LogP contribution in [0.4, 0.5) is 0 Å². The number of hydrogen-bond acceptors (Lipinski definition) is 4. The number of hydrogen-bond donors (Lipinski definition) is 1. The molecule has 0 saturated heterocycles. The Morgan fingerprint density at radius 3 is 2.75 bits per heavy atom. The van der Waals surface area contributed by atoms with Gasteiger partial charge in [0.15, 0.2) is 0 Å². The van der Waals surface area contributed by atoms with Gasteiger partial charge in [0.1, 0.15) is 0 Å². The van der Waals surface area contributed by atoms with Crippen molar-refractivity contribution in [1.82, 2.24) is 0 Å². The lowest BCUT2D eigenvalue weighted by atomic mass is 10.00. The van der Waals surface area contributed by atoms with Crippen LogP contribution in [0.2, 0.25) is 0 Å². The molecule has 0 bridgehead atoms. The maximum Gasteiger partial charge on any atom is 0.333 e. The molecule has 1 aromatic carbocycles. The molecule has 2 rings (SSSR count). The second-order valence-electron chi connectivity index (χ2n) is 3.20. The van der Waals surface area contributed by atoms with Gasteiger partial charge in [0.25, 0.3) is 5.79 Å². The maximum atomic E-state index is 11.0. The normalized spacial score (nSPS) is 22.9. The van der Waals surface area contributed by atoms with Crippen LogP contribution in [0.25, 0.3) is 0 Å². The molecule has 1 N–H and O–H groups in total. The molecule has 0 amide bonds. The molecule has 0 saturated carbocycles. The van der Waals surface area contributed by atoms with E-state index in [0.29, 0.717) is 11.1 Å². The summed E-state index contributed by atoms with van der Waals surface area (Å²) in [7, 11) is 0. The number of esters is 1. The third kappa shape index (κ3) is 1.48. The number of carbonyl (C=O) groups excluding carboxylic acids is 1. The van der Waals surface area contributed by atoms with Gasteiger partial charge in [-0.25, -0.2) is 10.1 Å². The number of benzene rings is 1. The van der Waals surface area contributed by atoms with E-state index in [1.165, 1.54) is 12.2 Å². The van der Waals surface area contributed by atoms with Crippen molar-refractivity contribution < 1.29 is 19.7 Å². The van der Waals surface area contributed by atoms with Crippen molar-refractivity contribution in [2.24, 2.45) is 0 Å². The van der Waals surface area contributed by atoms with E-state index in [2.05, 4.69) is 10.8 Å². The number of carbonyl (C=O) groups is 1. The fourth-order valence-corrected chi connectivity index (χ4v) is 1.55. The number of rotatable bonds is 2. The van der Waals surface area contributed by atoms with E-state index >= 15 is 0 Å². The van der Waals surface area contributed by atoms with Crippen molar-refractivity contribution >= 4 is 5.97 Å². The van der Waals surface area contributed by atoms with Gasteiger partial charge in [-0.05, 0) is 6.07 Å². The van der Waals surface area contributed by atoms with Gasteiger partial charge in [0.05, 0.1) is 0 Å². The molecule has 1 heterocycles. The smallest absolute Gasteiger partial charge is 0.333 e. The number of cyclic esters (lactones) is 1. The van der Waals surface area contributed by atoms with Crippen LogP contribution in [0, 0.1) is 12.3 Å². The van der Waals surface area contributed by atoms with Crippen LogP contribution in [0.15, 0.2) is 36.4 Å². The van der Waals surface area contributed by atoms with E-state index in [-0.39, 0.29) is 0 Å². The third-order valence-electron chi connectivity index (χ3n) is 2.28. The van der Waals surface area contributed by atoms with E-state index in [0.717, 1.165) is 0 Å². The molecule has 0 radical (unpaired) electrons. The van der Waals surface area contributed by atoms with Gasteiger partial charge in [-0.3, -0.25) is 0 Å². The topological polar surface area (TPSA) is 55.8 Å². The Morgan fingerprint density at radius 2 is 2.19 bits per heavy atom. The predicted octanol–water partition coefficient (Wildman–Crippen LogP) is 1.42. The highest BCUT2D eigenvalue weighted by Crippen LogP contribution is 2.34. The van der Waals surface area contributed by atoms with Crippen molar-refractivity contribution in [3.63, 3.8) is 0 Å². The third-order valence-corrected chi connectivity index (χ3v) is 2.28. The molecule has 4 heteroatoms. The molecular weight excluding hydrogens is 208 g/mol. The Labute approximate surface area is 92.0 Å². The van der Waals surface area contributed by atoms with Gasteiger partial charge in [-0.15, -0.1) is 6.42 Å². The zero-order valence-corrected chi connectivity index (χ0v) is 8.21. The van der Waals surface area contributed by atoms with Crippen molar-refractivity contribution in [3.05, 3.63) is 47.5 Å². The zero-order chi connectivity index (χ0) is 11.6. The molecule has 1 unspecified atom stereocenters. The van der Waals surface area contributed by atoms with Crippen molar-refractivity contribution in [2.45, 2.75) is 5.79 Å². The summed E-state index contributed by atoms with van der Waals surface area (Å²) in [6.45, 7) is 0. The summed E-state index contributed by atoms with van der Waals surface area (Å²) < 4.78 is 4.91. The van der Waals surface area contributed by atoms with E-state index in [1.807, 2.05) is 0 Å². The Balaban J connectivity index is 2.54. The molecule has 1 aliphatic heterocycles. The summed E-state index contributed by atoms with van der Waals surface area (Å²) in [6, 6.07) is 6.73. The Hall–Kier alpha value is -2.09. The molecular formula is C12H8O4. The highest BCUT2D eigenvalue weighted by Gasteiger charge is 2.41. The first-order chi connectivity index (χ1) is 7.72. The lowest BCUT2D eigenvalue weighted by molar-refractivity contribution is -0.376. The van der Waals surface area contributed by atoms with Gasteiger partial charge in [0.2, 0.25) is 0 Å². The van der Waals surface area contributed by atoms with Crippen LogP contribution in [0.5, 0.6) is 0 Å². The molecule has 4 nitrogen and oxygen atoms in total. The van der Waals surface area contributed by atoms with Crippen LogP contribution in [0.1, 0.15) is 11.1 Å². The van der Waals surface area contributed by atoms with Crippen LogP contribution in [0.3, 0.4) is 0 Å². The molecule has 0 aliphatic carbocycles. The predicted molar refractivity (Wildman–Crippen MR) is 55.0 cm³/mol. The summed E-state index contributed by atoms with van der Waals surface area (Å²) in [5.41, 5.74) is 0.887. The molecule has 0 spiro atoms. The minimum absolute atomic E-state index is 0.405. The molecule has 1 aromatic rings. The average molecular weight is 216 g/mol. The minimum atomic E-state index is -1.62. The second-order valence-corrected chi connectivity index (χ2v) is 3.20. The van der Waals surface area contributed by atoms with Crippen LogP contribution in [-0.4, -0.2) is 11.2 Å². The van der Waals surface area contributed by atoms with Gasteiger partial charge < -0.3 is 4.74 Å².